The molecule has 0 unspecified atom stereocenters. The van der Waals surface area contributed by atoms with Gasteiger partial charge in [0.15, 0.2) is 11.5 Å². The van der Waals surface area contributed by atoms with Gasteiger partial charge in [-0.1, -0.05) is 6.92 Å². The maximum Gasteiger partial charge on any atom is 0.516 e. The molecule has 0 saturated heterocycles. The van der Waals surface area contributed by atoms with Crippen LogP contribution in [0.4, 0.5) is 18.9 Å². The molecule has 26 heavy (non-hydrogen) atoms. The van der Waals surface area contributed by atoms with Gasteiger partial charge >= 0.3 is 15.5 Å². The van der Waals surface area contributed by atoms with Crippen LogP contribution in [0.25, 0.3) is 0 Å². The van der Waals surface area contributed by atoms with Gasteiger partial charge in [0.2, 0.25) is 6.79 Å². The minimum absolute atomic E-state index is 0.0998. The van der Waals surface area contributed by atoms with Crippen LogP contribution in [0, 0.1) is 0 Å². The third-order valence-corrected chi connectivity index (χ3v) is 4.69. The molecule has 0 aromatic heterocycles. The lowest BCUT2D eigenvalue weighted by atomic mass is 10.1. The van der Waals surface area contributed by atoms with Gasteiger partial charge in [0.05, 0.1) is 11.4 Å². The fourth-order valence-corrected chi connectivity index (χ4v) is 2.91. The number of nitrogens with zero attached hydrogens (tertiary/aromatic N) is 2. The molecular formula is C15H20F3N3O4S. The number of hydrazone groups is 1. The number of anilines is 1. The number of fused-ring (bicyclic) bond motifs is 1. The summed E-state index contributed by atoms with van der Waals surface area (Å²) in [6.07, 6.45) is 0.833. The smallest absolute Gasteiger partial charge is 0.454 e. The average molecular weight is 395 g/mol. The van der Waals surface area contributed by atoms with E-state index in [0.717, 1.165) is 12.5 Å². The molecule has 1 aliphatic heterocycles. The van der Waals surface area contributed by atoms with Gasteiger partial charge in [-0.3, -0.25) is 9.73 Å². The molecule has 0 radical (unpaired) electrons. The van der Waals surface area contributed by atoms with E-state index in [4.69, 9.17) is 9.47 Å². The average Bonchev–Trinajstić information content (AvgIpc) is 2.99. The largest absolute Gasteiger partial charge is 0.516 e. The Kier molecular flexibility index (Phi) is 5.89. The van der Waals surface area contributed by atoms with E-state index >= 15 is 0 Å². The van der Waals surface area contributed by atoms with E-state index in [1.54, 1.807) is 16.7 Å². The first-order chi connectivity index (χ1) is 12.1. The normalized spacial score (nSPS) is 14.5. The highest BCUT2D eigenvalue weighted by Gasteiger charge is 2.46. The summed E-state index contributed by atoms with van der Waals surface area (Å²) in [5.41, 5.74) is -5.20. The first-order valence-electron chi connectivity index (χ1n) is 7.92. The van der Waals surface area contributed by atoms with Crippen LogP contribution in [0.1, 0.15) is 32.8 Å². The van der Waals surface area contributed by atoms with E-state index in [-0.39, 0.29) is 23.8 Å². The third-order valence-electron chi connectivity index (χ3n) is 3.59. The summed E-state index contributed by atoms with van der Waals surface area (Å²) in [5.74, 6) is 0.463. The summed E-state index contributed by atoms with van der Waals surface area (Å²) in [5, 5.41) is 6.11. The number of hydrogen-bond donors (Lipinski definition) is 1. The Hall–Kier alpha value is -2.17. The van der Waals surface area contributed by atoms with Crippen molar-refractivity contribution in [2.75, 3.05) is 24.6 Å². The molecule has 1 aromatic rings. The number of sulfonamides is 1. The summed E-state index contributed by atoms with van der Waals surface area (Å²) in [6.45, 7) is 6.59. The quantitative estimate of drug-likeness (QED) is 0.567. The summed E-state index contributed by atoms with van der Waals surface area (Å²) < 4.78 is 73.2. The van der Waals surface area contributed by atoms with Crippen LogP contribution < -0.4 is 14.2 Å². The van der Waals surface area contributed by atoms with Crippen LogP contribution in [0.2, 0.25) is 0 Å². The van der Waals surface area contributed by atoms with Crippen molar-refractivity contribution < 1.29 is 31.1 Å². The number of halogens is 3. The highest BCUT2D eigenvalue weighted by atomic mass is 32.2. The van der Waals surface area contributed by atoms with Crippen molar-refractivity contribution in [3.05, 3.63) is 17.7 Å². The first-order valence-corrected chi connectivity index (χ1v) is 9.40. The van der Waals surface area contributed by atoms with E-state index in [1.807, 2.05) is 13.8 Å². The molecule has 1 N–H and O–H groups in total. The van der Waals surface area contributed by atoms with Gasteiger partial charge < -0.3 is 9.47 Å². The molecule has 0 bridgehead atoms. The minimum Gasteiger partial charge on any atom is -0.454 e. The second-order valence-corrected chi connectivity index (χ2v) is 7.21. The van der Waals surface area contributed by atoms with Gasteiger partial charge in [0, 0.05) is 24.7 Å². The predicted octanol–water partition coefficient (Wildman–Crippen LogP) is 3.13. The van der Waals surface area contributed by atoms with Crippen LogP contribution in [-0.4, -0.2) is 44.5 Å². The van der Waals surface area contributed by atoms with Crippen LogP contribution in [0.3, 0.4) is 0 Å². The molecule has 1 aliphatic rings. The molecular weight excluding hydrogens is 375 g/mol. The Labute approximate surface area is 149 Å². The molecule has 146 valence electrons. The zero-order valence-electron chi connectivity index (χ0n) is 14.6. The summed E-state index contributed by atoms with van der Waals surface area (Å²) in [7, 11) is -5.58. The molecule has 2 rings (SSSR count). The summed E-state index contributed by atoms with van der Waals surface area (Å²) in [4.78, 5) is 0. The fraction of sp³-hybridized carbons (Fsp3) is 0.533. The lowest BCUT2D eigenvalue weighted by Gasteiger charge is -2.19. The summed E-state index contributed by atoms with van der Waals surface area (Å²) in [6, 6.07) is 2.57. The SMILES string of the molecule is CCCN(CC)/N=C(\C)c1cc2c(cc1NS(=O)(=O)C(F)(F)F)OCO2. The van der Waals surface area contributed by atoms with Crippen molar-refractivity contribution in [1.29, 1.82) is 0 Å². The topological polar surface area (TPSA) is 80.2 Å². The van der Waals surface area contributed by atoms with Crippen LogP contribution in [0.15, 0.2) is 17.2 Å². The van der Waals surface area contributed by atoms with E-state index < -0.39 is 15.5 Å². The monoisotopic (exact) mass is 395 g/mol. The second-order valence-electron chi connectivity index (χ2n) is 5.53. The zero-order chi connectivity index (χ0) is 19.5. The number of hydrogen-bond acceptors (Lipinski definition) is 6. The second kappa shape index (κ2) is 7.60. The van der Waals surface area contributed by atoms with E-state index in [9.17, 15) is 21.6 Å². The number of benzene rings is 1. The third kappa shape index (κ3) is 4.32. The van der Waals surface area contributed by atoms with Crippen molar-refractivity contribution in [3.63, 3.8) is 0 Å². The number of ether oxygens (including phenoxy) is 2. The highest BCUT2D eigenvalue weighted by molar-refractivity contribution is 7.93. The van der Waals surface area contributed by atoms with Crippen LogP contribution in [-0.2, 0) is 10.0 Å². The molecule has 0 saturated carbocycles. The van der Waals surface area contributed by atoms with E-state index in [0.29, 0.717) is 24.6 Å². The van der Waals surface area contributed by atoms with Crippen molar-refractivity contribution in [2.24, 2.45) is 5.10 Å². The lowest BCUT2D eigenvalue weighted by molar-refractivity contribution is -0.0429. The lowest BCUT2D eigenvalue weighted by Crippen LogP contribution is -2.30. The molecule has 0 fully saturated rings. The van der Waals surface area contributed by atoms with Crippen molar-refractivity contribution in [1.82, 2.24) is 5.01 Å². The van der Waals surface area contributed by atoms with E-state index in [2.05, 4.69) is 5.10 Å². The molecule has 0 spiro atoms. The molecule has 0 atom stereocenters. The Morgan fingerprint density at radius 3 is 2.42 bits per heavy atom. The van der Waals surface area contributed by atoms with Crippen molar-refractivity contribution in [2.45, 2.75) is 32.7 Å². The van der Waals surface area contributed by atoms with Gasteiger partial charge in [-0.2, -0.15) is 26.7 Å². The van der Waals surface area contributed by atoms with Gasteiger partial charge in [-0.05, 0) is 26.3 Å². The molecule has 1 heterocycles. The maximum atomic E-state index is 12.7. The Balaban J connectivity index is 2.49. The van der Waals surface area contributed by atoms with Crippen LogP contribution >= 0.6 is 0 Å². The standard InChI is InChI=1S/C15H20F3N3O4S/c1-4-6-21(5-2)19-10(3)11-7-13-14(25-9-24-13)8-12(11)20-26(22,23)15(16,17)18/h7-8,20H,4-6,9H2,1-3H3/b19-10+. The molecule has 0 amide bonds. The number of nitrogens with one attached hydrogen (secondary N) is 1. The molecule has 0 aliphatic carbocycles. The summed E-state index contributed by atoms with van der Waals surface area (Å²) >= 11 is 0. The number of rotatable bonds is 7. The fourth-order valence-electron chi connectivity index (χ4n) is 2.33. The highest BCUT2D eigenvalue weighted by Crippen LogP contribution is 2.38. The first kappa shape index (κ1) is 20.1. The van der Waals surface area contributed by atoms with Crippen molar-refractivity contribution in [3.8, 4) is 11.5 Å². The molecule has 7 nitrogen and oxygen atoms in total. The molecule has 11 heteroatoms. The minimum atomic E-state index is -5.58. The van der Waals surface area contributed by atoms with Crippen molar-refractivity contribution >= 4 is 21.4 Å². The molecule has 1 aromatic carbocycles. The Bertz CT molecular complexity index is 794. The maximum absolute atomic E-state index is 12.7. The Morgan fingerprint density at radius 2 is 1.88 bits per heavy atom. The van der Waals surface area contributed by atoms with E-state index in [1.165, 1.54) is 6.07 Å². The predicted molar refractivity (Wildman–Crippen MR) is 90.9 cm³/mol. The zero-order valence-corrected chi connectivity index (χ0v) is 15.4. The Morgan fingerprint density at radius 1 is 1.27 bits per heavy atom. The number of alkyl halides is 3. The van der Waals surface area contributed by atoms with Gasteiger partial charge in [0.25, 0.3) is 0 Å². The van der Waals surface area contributed by atoms with Gasteiger partial charge in [-0.25, -0.2) is 0 Å². The van der Waals surface area contributed by atoms with Gasteiger partial charge in [0.1, 0.15) is 0 Å². The van der Waals surface area contributed by atoms with Gasteiger partial charge in [-0.15, -0.1) is 0 Å². The van der Waals surface area contributed by atoms with Crippen LogP contribution in [0.5, 0.6) is 11.5 Å².